The molecular formula is C8H15N5. The van der Waals surface area contributed by atoms with Crippen molar-refractivity contribution >= 4 is 0 Å². The first-order valence-corrected chi connectivity index (χ1v) is 4.63. The Bertz CT molecular complexity index is 288. The zero-order valence-corrected chi connectivity index (χ0v) is 8.12. The topological polar surface area (TPSA) is 55.6 Å². The molecule has 13 heavy (non-hydrogen) atoms. The first-order chi connectivity index (χ1) is 6.23. The minimum absolute atomic E-state index is 0.456. The average molecular weight is 181 g/mol. The normalized spacial score (nSPS) is 18.9. The van der Waals surface area contributed by atoms with Gasteiger partial charge >= 0.3 is 0 Å². The molecule has 1 heterocycles. The maximum Gasteiger partial charge on any atom is 0.165 e. The van der Waals surface area contributed by atoms with Crippen LogP contribution in [0.2, 0.25) is 0 Å². The maximum atomic E-state index is 3.98. The van der Waals surface area contributed by atoms with E-state index in [2.05, 4.69) is 27.8 Å². The summed E-state index contributed by atoms with van der Waals surface area (Å²) in [5.74, 6) is 0.927. The zero-order valence-electron chi connectivity index (χ0n) is 8.12. The molecule has 1 aliphatic carbocycles. The molecule has 0 unspecified atom stereocenters. The molecular weight excluding hydrogens is 166 g/mol. The summed E-state index contributed by atoms with van der Waals surface area (Å²) in [5.41, 5.74) is 0.456. The highest BCUT2D eigenvalue weighted by atomic mass is 15.5. The van der Waals surface area contributed by atoms with Gasteiger partial charge in [-0.05, 0) is 35.7 Å². The highest BCUT2D eigenvalue weighted by molar-refractivity contribution is 4.91. The molecule has 5 nitrogen and oxygen atoms in total. The fourth-order valence-corrected chi connectivity index (χ4v) is 1.36. The van der Waals surface area contributed by atoms with Gasteiger partial charge in [-0.15, -0.1) is 5.10 Å². The molecule has 72 valence electrons. The monoisotopic (exact) mass is 181 g/mol. The van der Waals surface area contributed by atoms with Crippen LogP contribution < -0.4 is 5.32 Å². The van der Waals surface area contributed by atoms with Crippen LogP contribution in [0.15, 0.2) is 0 Å². The van der Waals surface area contributed by atoms with Gasteiger partial charge in [0.25, 0.3) is 0 Å². The summed E-state index contributed by atoms with van der Waals surface area (Å²) in [6.45, 7) is 3.97. The lowest BCUT2D eigenvalue weighted by Crippen LogP contribution is -2.17. The Kier molecular flexibility index (Phi) is 2.03. The van der Waals surface area contributed by atoms with Gasteiger partial charge in [0.05, 0.1) is 13.1 Å². The molecule has 1 aliphatic rings. The zero-order chi connectivity index (χ0) is 9.31. The van der Waals surface area contributed by atoms with E-state index < -0.39 is 0 Å². The van der Waals surface area contributed by atoms with Gasteiger partial charge in [0.1, 0.15) is 0 Å². The molecule has 0 saturated heterocycles. The third kappa shape index (κ3) is 1.85. The van der Waals surface area contributed by atoms with E-state index in [0.29, 0.717) is 5.41 Å². The Morgan fingerprint density at radius 2 is 2.31 bits per heavy atom. The Balaban J connectivity index is 2.06. The van der Waals surface area contributed by atoms with Crippen molar-refractivity contribution in [2.75, 3.05) is 7.05 Å². The van der Waals surface area contributed by atoms with Crippen LogP contribution in [0.3, 0.4) is 0 Å². The van der Waals surface area contributed by atoms with Crippen LogP contribution in [0.5, 0.6) is 0 Å². The first kappa shape index (κ1) is 8.62. The van der Waals surface area contributed by atoms with E-state index in [4.69, 9.17) is 0 Å². The molecule has 0 amide bonds. The van der Waals surface area contributed by atoms with Gasteiger partial charge in [0.15, 0.2) is 5.82 Å². The van der Waals surface area contributed by atoms with Crippen molar-refractivity contribution in [1.29, 1.82) is 0 Å². The molecule has 0 atom stereocenters. The molecule has 1 N–H and O–H groups in total. The van der Waals surface area contributed by atoms with Crippen molar-refractivity contribution in [3.8, 4) is 0 Å². The van der Waals surface area contributed by atoms with Gasteiger partial charge in [-0.2, -0.15) is 0 Å². The fourth-order valence-electron chi connectivity index (χ4n) is 1.36. The second kappa shape index (κ2) is 3.06. The molecule has 0 aliphatic heterocycles. The predicted octanol–water partition coefficient (Wildman–Crippen LogP) is 0.193. The Morgan fingerprint density at radius 1 is 1.54 bits per heavy atom. The van der Waals surface area contributed by atoms with E-state index >= 15 is 0 Å². The third-order valence-electron chi connectivity index (χ3n) is 2.58. The quantitative estimate of drug-likeness (QED) is 0.720. The van der Waals surface area contributed by atoms with E-state index in [9.17, 15) is 0 Å². The number of nitrogens with zero attached hydrogens (tertiary/aromatic N) is 4. The summed E-state index contributed by atoms with van der Waals surface area (Å²) >= 11 is 0. The average Bonchev–Trinajstić information content (AvgIpc) is 2.65. The maximum absolute atomic E-state index is 3.98. The number of hydrogen-bond donors (Lipinski definition) is 1. The van der Waals surface area contributed by atoms with Gasteiger partial charge < -0.3 is 5.32 Å². The molecule has 1 aromatic rings. The molecule has 2 rings (SSSR count). The van der Waals surface area contributed by atoms with Crippen LogP contribution in [0.25, 0.3) is 0 Å². The van der Waals surface area contributed by atoms with Gasteiger partial charge in [-0.25, -0.2) is 4.68 Å². The van der Waals surface area contributed by atoms with E-state index in [-0.39, 0.29) is 0 Å². The Hall–Kier alpha value is -0.970. The van der Waals surface area contributed by atoms with Crippen molar-refractivity contribution in [3.63, 3.8) is 0 Å². The molecule has 0 bridgehead atoms. The summed E-state index contributed by atoms with van der Waals surface area (Å²) in [4.78, 5) is 0. The van der Waals surface area contributed by atoms with Crippen LogP contribution in [0.4, 0.5) is 0 Å². The fraction of sp³-hybridized carbons (Fsp3) is 0.875. The number of rotatable bonds is 4. The van der Waals surface area contributed by atoms with E-state index in [1.54, 1.807) is 0 Å². The smallest absolute Gasteiger partial charge is 0.165 e. The van der Waals surface area contributed by atoms with Crippen LogP contribution in [0.1, 0.15) is 25.6 Å². The lowest BCUT2D eigenvalue weighted by atomic mass is 10.1. The van der Waals surface area contributed by atoms with Crippen molar-refractivity contribution in [2.45, 2.75) is 32.9 Å². The summed E-state index contributed by atoms with van der Waals surface area (Å²) in [5, 5.41) is 14.7. The first-order valence-electron chi connectivity index (χ1n) is 4.63. The third-order valence-corrected chi connectivity index (χ3v) is 2.58. The van der Waals surface area contributed by atoms with E-state index in [0.717, 1.165) is 18.9 Å². The number of nitrogens with one attached hydrogen (secondary N) is 1. The van der Waals surface area contributed by atoms with Gasteiger partial charge in [0.2, 0.25) is 0 Å². The highest BCUT2D eigenvalue weighted by Crippen LogP contribution is 2.46. The second-order valence-electron chi connectivity index (χ2n) is 4.09. The molecule has 1 aromatic heterocycles. The largest absolute Gasteiger partial charge is 0.313 e. The second-order valence-corrected chi connectivity index (χ2v) is 4.09. The Morgan fingerprint density at radius 3 is 2.92 bits per heavy atom. The summed E-state index contributed by atoms with van der Waals surface area (Å²) < 4.78 is 1.91. The van der Waals surface area contributed by atoms with Gasteiger partial charge in [0, 0.05) is 0 Å². The molecule has 0 aromatic carbocycles. The van der Waals surface area contributed by atoms with Crippen molar-refractivity contribution in [2.24, 2.45) is 5.41 Å². The molecule has 0 radical (unpaired) electrons. The standard InChI is InChI=1S/C8H15N5/c1-8(3-4-8)6-13-7(5-9-2)10-11-12-13/h9H,3-6H2,1-2H3. The van der Waals surface area contributed by atoms with Crippen LogP contribution >= 0.6 is 0 Å². The lowest BCUT2D eigenvalue weighted by Gasteiger charge is -2.08. The van der Waals surface area contributed by atoms with Crippen molar-refractivity contribution in [3.05, 3.63) is 5.82 Å². The minimum atomic E-state index is 0.456. The highest BCUT2D eigenvalue weighted by Gasteiger charge is 2.38. The number of hydrogen-bond acceptors (Lipinski definition) is 4. The lowest BCUT2D eigenvalue weighted by molar-refractivity contribution is 0.411. The van der Waals surface area contributed by atoms with Crippen LogP contribution in [-0.4, -0.2) is 27.3 Å². The predicted molar refractivity (Wildman–Crippen MR) is 47.9 cm³/mol. The van der Waals surface area contributed by atoms with Crippen LogP contribution in [-0.2, 0) is 13.1 Å². The Labute approximate surface area is 77.5 Å². The van der Waals surface area contributed by atoms with Gasteiger partial charge in [-0.3, -0.25) is 0 Å². The summed E-state index contributed by atoms with van der Waals surface area (Å²) in [7, 11) is 1.90. The molecule has 1 saturated carbocycles. The van der Waals surface area contributed by atoms with Crippen molar-refractivity contribution in [1.82, 2.24) is 25.5 Å². The minimum Gasteiger partial charge on any atom is -0.313 e. The SMILES string of the molecule is CNCc1nnnn1CC1(C)CC1. The summed E-state index contributed by atoms with van der Waals surface area (Å²) in [6.07, 6.45) is 2.59. The molecule has 0 spiro atoms. The van der Waals surface area contributed by atoms with Gasteiger partial charge in [-0.1, -0.05) is 6.92 Å². The number of tetrazole rings is 1. The molecule has 5 heteroatoms. The molecule has 1 fully saturated rings. The number of aromatic nitrogens is 4. The van der Waals surface area contributed by atoms with Crippen LogP contribution in [0, 0.1) is 5.41 Å². The van der Waals surface area contributed by atoms with Crippen molar-refractivity contribution < 1.29 is 0 Å². The summed E-state index contributed by atoms with van der Waals surface area (Å²) in [6, 6.07) is 0. The van der Waals surface area contributed by atoms with E-state index in [1.165, 1.54) is 12.8 Å². The van der Waals surface area contributed by atoms with E-state index in [1.807, 2.05) is 11.7 Å².